The Morgan fingerprint density at radius 3 is 2.39 bits per heavy atom. The molecule has 1 aromatic heterocycles. The number of aromatic nitrogens is 4. The molecule has 3 heterocycles. The molecule has 0 bridgehead atoms. The predicted molar refractivity (Wildman–Crippen MR) is 109 cm³/mol. The Morgan fingerprint density at radius 1 is 1.19 bits per heavy atom. The van der Waals surface area contributed by atoms with E-state index in [4.69, 9.17) is 4.74 Å². The van der Waals surface area contributed by atoms with E-state index in [1.54, 1.807) is 12.5 Å². The third-order valence-electron chi connectivity index (χ3n) is 6.25. The number of amides is 1. The van der Waals surface area contributed by atoms with Gasteiger partial charge in [-0.1, -0.05) is 24.3 Å². The first kappa shape index (κ1) is 21.8. The molecule has 0 radical (unpaired) electrons. The van der Waals surface area contributed by atoms with Crippen LogP contribution < -0.4 is 5.48 Å². The highest BCUT2D eigenvalue weighted by molar-refractivity contribution is 7.91. The quantitative estimate of drug-likeness (QED) is 0.494. The number of hydrogen-bond acceptors (Lipinski definition) is 8. The van der Waals surface area contributed by atoms with Crippen molar-refractivity contribution in [1.82, 2.24) is 30.0 Å². The molecule has 11 nitrogen and oxygen atoms in total. The monoisotopic (exact) mass is 450 g/mol. The fraction of sp³-hybridized carbons (Fsp3) is 0.579. The van der Waals surface area contributed by atoms with E-state index in [2.05, 4.69) is 15.4 Å². The van der Waals surface area contributed by atoms with E-state index in [0.717, 1.165) is 11.1 Å². The molecule has 2 N–H and O–H groups in total. The second-order valence-electron chi connectivity index (χ2n) is 7.95. The molecule has 31 heavy (non-hydrogen) atoms. The van der Waals surface area contributed by atoms with Crippen LogP contribution in [0.25, 0.3) is 11.4 Å². The summed E-state index contributed by atoms with van der Waals surface area (Å²) in [4.78, 5) is 13.8. The molecule has 1 aromatic carbocycles. The molecule has 0 aliphatic carbocycles. The van der Waals surface area contributed by atoms with E-state index >= 15 is 0 Å². The molecule has 0 unspecified atom stereocenters. The van der Waals surface area contributed by atoms with Crippen LogP contribution in [0, 0.1) is 0 Å². The average molecular weight is 451 g/mol. The van der Waals surface area contributed by atoms with Gasteiger partial charge in [-0.25, -0.2) is 18.2 Å². The summed E-state index contributed by atoms with van der Waals surface area (Å²) in [6.07, 6.45) is 1.35. The van der Waals surface area contributed by atoms with Crippen LogP contribution >= 0.6 is 0 Å². The second kappa shape index (κ2) is 8.61. The van der Waals surface area contributed by atoms with Gasteiger partial charge in [-0.2, -0.15) is 4.80 Å². The van der Waals surface area contributed by atoms with Gasteiger partial charge in [0.15, 0.2) is 4.75 Å². The van der Waals surface area contributed by atoms with Crippen molar-refractivity contribution in [3.05, 3.63) is 29.8 Å². The molecule has 4 rings (SSSR count). The van der Waals surface area contributed by atoms with E-state index in [0.29, 0.717) is 31.8 Å². The topological polar surface area (TPSA) is 140 Å². The molecule has 0 spiro atoms. The fourth-order valence-electron chi connectivity index (χ4n) is 4.39. The van der Waals surface area contributed by atoms with Gasteiger partial charge in [-0.05, 0) is 29.5 Å². The Morgan fingerprint density at radius 2 is 1.84 bits per heavy atom. The SMILES string of the molecule is Cn1nnc(-c2ccc(C3CCN(S(=O)(=O)C4(C(=O)NO)CCOCC4)CC3)cc2)n1. The van der Waals surface area contributed by atoms with Crippen molar-refractivity contribution in [1.29, 1.82) is 0 Å². The van der Waals surface area contributed by atoms with E-state index in [-0.39, 0.29) is 32.0 Å². The van der Waals surface area contributed by atoms with Crippen molar-refractivity contribution in [3.63, 3.8) is 0 Å². The zero-order valence-corrected chi connectivity index (χ0v) is 18.1. The van der Waals surface area contributed by atoms with E-state index in [9.17, 15) is 18.4 Å². The van der Waals surface area contributed by atoms with Gasteiger partial charge in [-0.3, -0.25) is 10.0 Å². The number of rotatable bonds is 5. The summed E-state index contributed by atoms with van der Waals surface area (Å²) in [5, 5.41) is 21.2. The maximum atomic E-state index is 13.4. The van der Waals surface area contributed by atoms with E-state index in [1.165, 1.54) is 9.10 Å². The summed E-state index contributed by atoms with van der Waals surface area (Å²) < 4.78 is 31.7. The van der Waals surface area contributed by atoms with Crippen molar-refractivity contribution in [3.8, 4) is 11.4 Å². The smallest absolute Gasteiger partial charge is 0.266 e. The van der Waals surface area contributed by atoms with Crippen LogP contribution in [0.1, 0.15) is 37.2 Å². The lowest BCUT2D eigenvalue weighted by Gasteiger charge is -2.40. The van der Waals surface area contributed by atoms with Crippen LogP contribution in [0.3, 0.4) is 0 Å². The van der Waals surface area contributed by atoms with Crippen LogP contribution in [0.5, 0.6) is 0 Å². The average Bonchev–Trinajstić information content (AvgIpc) is 3.25. The molecule has 168 valence electrons. The molecule has 2 aliphatic rings. The number of aryl methyl sites for hydroxylation is 1. The van der Waals surface area contributed by atoms with Gasteiger partial charge in [0.05, 0.1) is 7.05 Å². The number of benzene rings is 1. The van der Waals surface area contributed by atoms with Crippen LogP contribution in [-0.4, -0.2) is 75.1 Å². The molecule has 2 aromatic rings. The summed E-state index contributed by atoms with van der Waals surface area (Å²) in [7, 11) is -2.24. The minimum absolute atomic E-state index is 0.0273. The van der Waals surface area contributed by atoms with E-state index < -0.39 is 20.7 Å². The molecule has 2 saturated heterocycles. The third kappa shape index (κ3) is 3.95. The third-order valence-corrected chi connectivity index (χ3v) is 8.88. The lowest BCUT2D eigenvalue weighted by Crippen LogP contribution is -2.60. The zero-order valence-electron chi connectivity index (χ0n) is 17.3. The van der Waals surface area contributed by atoms with Gasteiger partial charge in [-0.15, -0.1) is 10.2 Å². The molecular formula is C19H26N6O5S. The highest BCUT2D eigenvalue weighted by atomic mass is 32.2. The van der Waals surface area contributed by atoms with Crippen molar-refractivity contribution in [2.24, 2.45) is 7.05 Å². The second-order valence-corrected chi connectivity index (χ2v) is 10.2. The molecule has 0 saturated carbocycles. The molecule has 0 atom stereocenters. The first-order chi connectivity index (χ1) is 14.9. The van der Waals surface area contributed by atoms with E-state index in [1.807, 2.05) is 24.3 Å². The first-order valence-corrected chi connectivity index (χ1v) is 11.7. The number of piperidine rings is 1. The van der Waals surface area contributed by atoms with Crippen molar-refractivity contribution < 1.29 is 23.2 Å². The van der Waals surface area contributed by atoms with Crippen molar-refractivity contribution in [2.75, 3.05) is 26.3 Å². The lowest BCUT2D eigenvalue weighted by atomic mass is 9.90. The highest BCUT2D eigenvalue weighted by Crippen LogP contribution is 2.37. The fourth-order valence-corrected chi connectivity index (χ4v) is 6.53. The van der Waals surface area contributed by atoms with Gasteiger partial charge in [0.25, 0.3) is 5.91 Å². The largest absolute Gasteiger partial charge is 0.381 e. The van der Waals surface area contributed by atoms with Crippen molar-refractivity contribution >= 4 is 15.9 Å². The normalized spacial score (nSPS) is 20.5. The van der Waals surface area contributed by atoms with Crippen LogP contribution in [-0.2, 0) is 26.6 Å². The van der Waals surface area contributed by atoms with Gasteiger partial charge < -0.3 is 4.74 Å². The summed E-state index contributed by atoms with van der Waals surface area (Å²) in [6.45, 7) is 0.968. The number of hydrogen-bond donors (Lipinski definition) is 2. The minimum Gasteiger partial charge on any atom is -0.381 e. The van der Waals surface area contributed by atoms with Gasteiger partial charge >= 0.3 is 0 Å². The van der Waals surface area contributed by atoms with Crippen LogP contribution in [0.4, 0.5) is 0 Å². The minimum atomic E-state index is -3.95. The Hall–Kier alpha value is -2.41. The summed E-state index contributed by atoms with van der Waals surface area (Å²) in [6, 6.07) is 7.91. The Bertz CT molecular complexity index is 1020. The highest BCUT2D eigenvalue weighted by Gasteiger charge is 2.54. The maximum absolute atomic E-state index is 13.4. The summed E-state index contributed by atoms with van der Waals surface area (Å²) in [5.41, 5.74) is 3.55. The molecule has 1 amide bonds. The number of nitrogens with one attached hydrogen (secondary N) is 1. The molecule has 2 aliphatic heterocycles. The number of sulfonamides is 1. The molecular weight excluding hydrogens is 424 g/mol. The van der Waals surface area contributed by atoms with Gasteiger partial charge in [0.1, 0.15) is 0 Å². The van der Waals surface area contributed by atoms with Gasteiger partial charge in [0.2, 0.25) is 15.8 Å². The predicted octanol–water partition coefficient (Wildman–Crippen LogP) is 0.441. The maximum Gasteiger partial charge on any atom is 0.266 e. The number of nitrogens with zero attached hydrogens (tertiary/aromatic N) is 5. The molecule has 2 fully saturated rings. The first-order valence-electron chi connectivity index (χ1n) is 10.2. The number of ether oxygens (including phenoxy) is 1. The number of carbonyl (C=O) groups is 1. The number of hydroxylamine groups is 1. The zero-order chi connectivity index (χ0) is 22.1. The van der Waals surface area contributed by atoms with Crippen LogP contribution in [0.15, 0.2) is 24.3 Å². The van der Waals surface area contributed by atoms with Gasteiger partial charge in [0, 0.05) is 44.7 Å². The van der Waals surface area contributed by atoms with Crippen LogP contribution in [0.2, 0.25) is 0 Å². The summed E-state index contributed by atoms with van der Waals surface area (Å²) >= 11 is 0. The lowest BCUT2D eigenvalue weighted by molar-refractivity contribution is -0.134. The Balaban J connectivity index is 1.46. The summed E-state index contributed by atoms with van der Waals surface area (Å²) in [5.74, 6) is -0.113. The standard InChI is InChI=1S/C19H26N6O5S/c1-24-21-17(20-23-24)16-4-2-14(3-5-16)15-6-10-25(11-7-15)31(28,29)19(18(26)22-27)8-12-30-13-9-19/h2-5,15,27H,6-13H2,1H3,(H,22,26). The number of tetrazole rings is 1. The number of carbonyl (C=O) groups excluding carboxylic acids is 1. The van der Waals surface area contributed by atoms with Crippen molar-refractivity contribution in [2.45, 2.75) is 36.3 Å². The molecule has 12 heteroatoms. The Kier molecular flexibility index (Phi) is 6.06. The Labute approximate surface area is 180 Å².